The summed E-state index contributed by atoms with van der Waals surface area (Å²) >= 11 is 17.3. The van der Waals surface area contributed by atoms with Gasteiger partial charge in [-0.15, -0.1) is 0 Å². The number of hydrogen-bond acceptors (Lipinski definition) is 2. The van der Waals surface area contributed by atoms with Crippen LogP contribution in [0, 0.1) is 6.92 Å². The Morgan fingerprint density at radius 2 is 1.95 bits per heavy atom. The first-order valence-corrected chi connectivity index (χ1v) is 7.13. The minimum atomic E-state index is 0.463. The molecule has 2 rings (SSSR count). The number of anilines is 1. The molecule has 0 saturated carbocycles. The number of nitrogens with zero attached hydrogens (tertiary/aromatic N) is 1. The van der Waals surface area contributed by atoms with E-state index in [1.54, 1.807) is 6.20 Å². The zero-order chi connectivity index (χ0) is 14.5. The van der Waals surface area contributed by atoms with Crippen molar-refractivity contribution in [2.75, 3.05) is 5.32 Å². The van der Waals surface area contributed by atoms with Crippen LogP contribution in [-0.4, -0.2) is 10.1 Å². The molecule has 0 saturated heterocycles. The van der Waals surface area contributed by atoms with E-state index in [1.807, 2.05) is 37.3 Å². The molecule has 0 aliphatic heterocycles. The van der Waals surface area contributed by atoms with Gasteiger partial charge in [0.05, 0.1) is 10.0 Å². The highest BCUT2D eigenvalue weighted by atomic mass is 35.5. The monoisotopic (exact) mass is 325 g/mol. The number of halogens is 2. The third-order valence-corrected chi connectivity index (χ3v) is 3.82. The molecule has 0 atom stereocenters. The van der Waals surface area contributed by atoms with E-state index in [0.29, 0.717) is 27.5 Å². The number of thiocarbonyl (C=S) groups is 1. The predicted molar refractivity (Wildman–Crippen MR) is 88.5 cm³/mol. The van der Waals surface area contributed by atoms with Crippen molar-refractivity contribution in [2.24, 2.45) is 0 Å². The molecule has 1 heterocycles. The molecule has 0 fully saturated rings. The molecule has 0 spiro atoms. The molecule has 0 aliphatic carbocycles. The lowest BCUT2D eigenvalue weighted by atomic mass is 10.2. The van der Waals surface area contributed by atoms with Crippen molar-refractivity contribution < 1.29 is 0 Å². The Bertz CT molecular complexity index is 617. The standard InChI is InChI=1S/C14H13Cl2N3S/c1-9-11(15)8-17-13(12(9)16)19-14(20)18-7-10-5-3-2-4-6-10/h2-6,8H,7H2,1H3,(H2,17,18,19,20). The van der Waals surface area contributed by atoms with Crippen LogP contribution in [0.1, 0.15) is 11.1 Å². The smallest absolute Gasteiger partial charge is 0.172 e. The molecule has 1 aromatic carbocycles. The topological polar surface area (TPSA) is 37.0 Å². The van der Waals surface area contributed by atoms with Crippen molar-refractivity contribution in [3.63, 3.8) is 0 Å². The average Bonchev–Trinajstić information content (AvgIpc) is 2.47. The zero-order valence-electron chi connectivity index (χ0n) is 10.8. The number of benzene rings is 1. The molecule has 2 N–H and O–H groups in total. The number of aromatic nitrogens is 1. The second-order valence-corrected chi connectivity index (χ2v) is 5.38. The number of pyridine rings is 1. The van der Waals surface area contributed by atoms with Crippen LogP contribution in [0.25, 0.3) is 0 Å². The highest BCUT2D eigenvalue weighted by Crippen LogP contribution is 2.28. The summed E-state index contributed by atoms with van der Waals surface area (Å²) in [7, 11) is 0. The van der Waals surface area contributed by atoms with Crippen molar-refractivity contribution in [3.05, 3.63) is 57.7 Å². The van der Waals surface area contributed by atoms with Gasteiger partial charge in [0.1, 0.15) is 0 Å². The molecule has 2 aromatic rings. The highest BCUT2D eigenvalue weighted by molar-refractivity contribution is 7.80. The SMILES string of the molecule is Cc1c(Cl)cnc(NC(=S)NCc2ccccc2)c1Cl. The first-order chi connectivity index (χ1) is 9.58. The zero-order valence-corrected chi connectivity index (χ0v) is 13.1. The molecule has 1 aromatic heterocycles. The van der Waals surface area contributed by atoms with Gasteiger partial charge in [0.25, 0.3) is 0 Å². The van der Waals surface area contributed by atoms with E-state index in [1.165, 1.54) is 0 Å². The summed E-state index contributed by atoms with van der Waals surface area (Å²) in [6.07, 6.45) is 1.55. The van der Waals surface area contributed by atoms with Crippen LogP contribution in [0.4, 0.5) is 5.82 Å². The fourth-order valence-corrected chi connectivity index (χ4v) is 2.13. The molecular formula is C14H13Cl2N3S. The third-order valence-electron chi connectivity index (χ3n) is 2.73. The van der Waals surface area contributed by atoms with E-state index in [4.69, 9.17) is 35.4 Å². The van der Waals surface area contributed by atoms with E-state index in [2.05, 4.69) is 15.6 Å². The summed E-state index contributed by atoms with van der Waals surface area (Å²) in [5, 5.41) is 7.53. The fourth-order valence-electron chi connectivity index (χ4n) is 1.57. The van der Waals surface area contributed by atoms with Crippen molar-refractivity contribution >= 4 is 46.4 Å². The van der Waals surface area contributed by atoms with Crippen LogP contribution < -0.4 is 10.6 Å². The van der Waals surface area contributed by atoms with Crippen LogP contribution in [0.5, 0.6) is 0 Å². The Morgan fingerprint density at radius 1 is 1.25 bits per heavy atom. The minimum absolute atomic E-state index is 0.463. The molecule has 0 aliphatic rings. The van der Waals surface area contributed by atoms with Crippen molar-refractivity contribution in [2.45, 2.75) is 13.5 Å². The van der Waals surface area contributed by atoms with E-state index in [0.717, 1.165) is 11.1 Å². The van der Waals surface area contributed by atoms with Gasteiger partial charge in [-0.2, -0.15) is 0 Å². The van der Waals surface area contributed by atoms with Gasteiger partial charge >= 0.3 is 0 Å². The van der Waals surface area contributed by atoms with Gasteiger partial charge in [0.15, 0.2) is 10.9 Å². The van der Waals surface area contributed by atoms with E-state index < -0.39 is 0 Å². The van der Waals surface area contributed by atoms with Gasteiger partial charge in [0.2, 0.25) is 0 Å². The third kappa shape index (κ3) is 3.82. The largest absolute Gasteiger partial charge is 0.358 e. The van der Waals surface area contributed by atoms with Crippen LogP contribution in [0.2, 0.25) is 10.0 Å². The lowest BCUT2D eigenvalue weighted by Gasteiger charge is -2.12. The van der Waals surface area contributed by atoms with E-state index in [9.17, 15) is 0 Å². The van der Waals surface area contributed by atoms with Crippen LogP contribution in [0.15, 0.2) is 36.5 Å². The van der Waals surface area contributed by atoms with Gasteiger partial charge in [-0.1, -0.05) is 53.5 Å². The molecule has 0 unspecified atom stereocenters. The Balaban J connectivity index is 1.97. The fraction of sp³-hybridized carbons (Fsp3) is 0.143. The van der Waals surface area contributed by atoms with E-state index in [-0.39, 0.29) is 0 Å². The molecular weight excluding hydrogens is 313 g/mol. The first-order valence-electron chi connectivity index (χ1n) is 5.97. The lowest BCUT2D eigenvalue weighted by molar-refractivity contribution is 0.925. The summed E-state index contributed by atoms with van der Waals surface area (Å²) in [6, 6.07) is 9.98. The normalized spacial score (nSPS) is 10.2. The lowest BCUT2D eigenvalue weighted by Crippen LogP contribution is -2.28. The average molecular weight is 326 g/mol. The Kier molecular flexibility index (Phi) is 5.17. The maximum Gasteiger partial charge on any atom is 0.172 e. The minimum Gasteiger partial charge on any atom is -0.358 e. The van der Waals surface area contributed by atoms with Crippen LogP contribution in [0.3, 0.4) is 0 Å². The molecule has 0 amide bonds. The number of nitrogens with one attached hydrogen (secondary N) is 2. The van der Waals surface area contributed by atoms with Crippen molar-refractivity contribution in [1.29, 1.82) is 0 Å². The van der Waals surface area contributed by atoms with Gasteiger partial charge < -0.3 is 10.6 Å². The summed E-state index contributed by atoms with van der Waals surface area (Å²) in [6.45, 7) is 2.47. The Hall–Kier alpha value is -1.36. The van der Waals surface area contributed by atoms with Crippen molar-refractivity contribution in [1.82, 2.24) is 10.3 Å². The molecule has 0 radical (unpaired) electrons. The summed E-state index contributed by atoms with van der Waals surface area (Å²) in [5.41, 5.74) is 1.92. The second kappa shape index (κ2) is 6.88. The second-order valence-electron chi connectivity index (χ2n) is 4.19. The highest BCUT2D eigenvalue weighted by Gasteiger charge is 2.09. The Morgan fingerprint density at radius 3 is 2.65 bits per heavy atom. The van der Waals surface area contributed by atoms with Crippen molar-refractivity contribution in [3.8, 4) is 0 Å². The number of hydrogen-bond donors (Lipinski definition) is 2. The Labute approximate surface area is 133 Å². The van der Waals surface area contributed by atoms with Gasteiger partial charge in [-0.3, -0.25) is 0 Å². The maximum absolute atomic E-state index is 6.16. The quantitative estimate of drug-likeness (QED) is 0.830. The number of rotatable bonds is 3. The summed E-state index contributed by atoms with van der Waals surface area (Å²) in [4.78, 5) is 4.13. The molecule has 104 valence electrons. The van der Waals surface area contributed by atoms with Gasteiger partial charge in [0, 0.05) is 12.7 Å². The van der Waals surface area contributed by atoms with Gasteiger partial charge in [-0.25, -0.2) is 4.98 Å². The van der Waals surface area contributed by atoms with Crippen LogP contribution in [-0.2, 0) is 6.54 Å². The molecule has 20 heavy (non-hydrogen) atoms. The molecule has 3 nitrogen and oxygen atoms in total. The van der Waals surface area contributed by atoms with Crippen LogP contribution >= 0.6 is 35.4 Å². The van der Waals surface area contributed by atoms with E-state index >= 15 is 0 Å². The molecule has 6 heteroatoms. The maximum atomic E-state index is 6.16. The van der Waals surface area contributed by atoms with Gasteiger partial charge in [-0.05, 0) is 30.3 Å². The predicted octanol–water partition coefficient (Wildman–Crippen LogP) is 4.18. The first kappa shape index (κ1) is 15.0. The molecule has 0 bridgehead atoms. The summed E-state index contributed by atoms with van der Waals surface area (Å²) < 4.78 is 0. The summed E-state index contributed by atoms with van der Waals surface area (Å²) in [5.74, 6) is 0.499.